The molecule has 0 fully saturated rings. The van der Waals surface area contributed by atoms with Crippen LogP contribution in [0.1, 0.15) is 11.1 Å². The standard InChI is InChI=1S/C23H20N2/c1-3-9-19(10-4-1)17-24-22-15-16-25(18-20-11-5-2-6-12-20)23-14-8-7-13-21(22)23/h1-16H,17-18H2/b24-22+. The first-order valence-corrected chi connectivity index (χ1v) is 8.57. The summed E-state index contributed by atoms with van der Waals surface area (Å²) in [6.45, 7) is 1.56. The third-order valence-electron chi connectivity index (χ3n) is 4.37. The molecule has 0 N–H and O–H groups in total. The topological polar surface area (TPSA) is 17.3 Å². The Bertz CT molecular complexity index is 1030. The number of nitrogens with zero attached hydrogens (tertiary/aromatic N) is 2. The van der Waals surface area contributed by atoms with Crippen molar-refractivity contribution in [2.75, 3.05) is 0 Å². The van der Waals surface area contributed by atoms with Crippen LogP contribution in [0.2, 0.25) is 0 Å². The Morgan fingerprint density at radius 1 is 0.640 bits per heavy atom. The number of benzene rings is 3. The average Bonchev–Trinajstić information content (AvgIpc) is 2.69. The molecular weight excluding hydrogens is 304 g/mol. The first-order chi connectivity index (χ1) is 12.4. The van der Waals surface area contributed by atoms with Crippen molar-refractivity contribution in [3.63, 3.8) is 0 Å². The first-order valence-electron chi connectivity index (χ1n) is 8.57. The SMILES string of the molecule is c1ccc(C/N=c2\ccn(Cc3ccccc3)c3ccccc23)cc1. The number of pyridine rings is 1. The van der Waals surface area contributed by atoms with Crippen molar-refractivity contribution in [3.8, 4) is 0 Å². The van der Waals surface area contributed by atoms with Crippen LogP contribution in [-0.4, -0.2) is 4.57 Å². The Hall–Kier alpha value is -3.13. The summed E-state index contributed by atoms with van der Waals surface area (Å²) in [6, 6.07) is 31.5. The van der Waals surface area contributed by atoms with Crippen LogP contribution in [0.3, 0.4) is 0 Å². The van der Waals surface area contributed by atoms with Crippen molar-refractivity contribution < 1.29 is 0 Å². The van der Waals surface area contributed by atoms with Gasteiger partial charge in [0.1, 0.15) is 0 Å². The Balaban J connectivity index is 1.74. The quantitative estimate of drug-likeness (QED) is 0.513. The van der Waals surface area contributed by atoms with Gasteiger partial charge in [0.15, 0.2) is 0 Å². The summed E-state index contributed by atoms with van der Waals surface area (Å²) < 4.78 is 2.28. The van der Waals surface area contributed by atoms with Crippen molar-refractivity contribution in [1.29, 1.82) is 0 Å². The van der Waals surface area contributed by atoms with Crippen LogP contribution in [0.25, 0.3) is 10.9 Å². The molecule has 0 saturated heterocycles. The number of hydrogen-bond acceptors (Lipinski definition) is 1. The molecule has 0 saturated carbocycles. The molecule has 25 heavy (non-hydrogen) atoms. The number of fused-ring (bicyclic) bond motifs is 1. The Labute approximate surface area is 147 Å². The van der Waals surface area contributed by atoms with Crippen molar-refractivity contribution in [3.05, 3.63) is 114 Å². The molecule has 2 heteroatoms. The third kappa shape index (κ3) is 3.53. The number of hydrogen-bond donors (Lipinski definition) is 0. The largest absolute Gasteiger partial charge is 0.343 e. The van der Waals surface area contributed by atoms with Crippen LogP contribution in [-0.2, 0) is 13.1 Å². The van der Waals surface area contributed by atoms with Crippen LogP contribution < -0.4 is 5.36 Å². The van der Waals surface area contributed by atoms with E-state index < -0.39 is 0 Å². The molecule has 0 atom stereocenters. The van der Waals surface area contributed by atoms with Gasteiger partial charge in [0, 0.05) is 18.1 Å². The molecule has 0 aliphatic carbocycles. The smallest absolute Gasteiger partial charge is 0.0686 e. The zero-order chi connectivity index (χ0) is 16.9. The lowest BCUT2D eigenvalue weighted by Crippen LogP contribution is -2.10. The van der Waals surface area contributed by atoms with E-state index in [1.807, 2.05) is 6.07 Å². The van der Waals surface area contributed by atoms with Gasteiger partial charge in [0.25, 0.3) is 0 Å². The fourth-order valence-electron chi connectivity index (χ4n) is 3.09. The van der Waals surface area contributed by atoms with Crippen LogP contribution in [0, 0.1) is 0 Å². The molecule has 4 rings (SSSR count). The lowest BCUT2D eigenvalue weighted by atomic mass is 10.1. The molecule has 0 aliphatic rings. The maximum atomic E-state index is 4.84. The fraction of sp³-hybridized carbons (Fsp3) is 0.0870. The van der Waals surface area contributed by atoms with E-state index in [9.17, 15) is 0 Å². The highest BCUT2D eigenvalue weighted by Gasteiger charge is 2.02. The molecule has 1 aromatic heterocycles. The van der Waals surface area contributed by atoms with Gasteiger partial charge in [-0.05, 0) is 23.3 Å². The highest BCUT2D eigenvalue weighted by Crippen LogP contribution is 2.12. The molecule has 0 aliphatic heterocycles. The molecule has 0 bridgehead atoms. The normalized spacial score (nSPS) is 11.8. The molecule has 0 radical (unpaired) electrons. The van der Waals surface area contributed by atoms with Gasteiger partial charge in [-0.2, -0.15) is 0 Å². The molecule has 0 amide bonds. The van der Waals surface area contributed by atoms with Gasteiger partial charge in [0.2, 0.25) is 0 Å². The predicted molar refractivity (Wildman–Crippen MR) is 103 cm³/mol. The summed E-state index contributed by atoms with van der Waals surface area (Å²) in [5.74, 6) is 0. The van der Waals surface area contributed by atoms with E-state index in [1.165, 1.54) is 22.0 Å². The minimum absolute atomic E-state index is 0.702. The Morgan fingerprint density at radius 2 is 1.28 bits per heavy atom. The molecule has 1 heterocycles. The number of rotatable bonds is 4. The van der Waals surface area contributed by atoms with Gasteiger partial charge in [-0.3, -0.25) is 4.99 Å². The second-order valence-corrected chi connectivity index (χ2v) is 6.13. The van der Waals surface area contributed by atoms with Gasteiger partial charge in [-0.15, -0.1) is 0 Å². The molecule has 2 nitrogen and oxygen atoms in total. The van der Waals surface area contributed by atoms with E-state index in [-0.39, 0.29) is 0 Å². The lowest BCUT2D eigenvalue weighted by Gasteiger charge is -2.11. The first kappa shape index (κ1) is 15.4. The minimum atomic E-state index is 0.702. The van der Waals surface area contributed by atoms with E-state index in [1.54, 1.807) is 0 Å². The summed E-state index contributed by atoms with van der Waals surface area (Å²) in [5, 5.41) is 2.24. The van der Waals surface area contributed by atoms with Crippen molar-refractivity contribution in [2.45, 2.75) is 13.1 Å². The maximum Gasteiger partial charge on any atom is 0.0686 e. The third-order valence-corrected chi connectivity index (χ3v) is 4.37. The van der Waals surface area contributed by atoms with Crippen LogP contribution >= 0.6 is 0 Å². The second-order valence-electron chi connectivity index (χ2n) is 6.13. The van der Waals surface area contributed by atoms with Crippen molar-refractivity contribution >= 4 is 10.9 Å². The Kier molecular flexibility index (Phi) is 4.42. The van der Waals surface area contributed by atoms with Gasteiger partial charge in [-0.25, -0.2) is 0 Å². The summed E-state index contributed by atoms with van der Waals surface area (Å²) in [6.07, 6.45) is 2.14. The summed E-state index contributed by atoms with van der Waals surface area (Å²) in [7, 11) is 0. The highest BCUT2D eigenvalue weighted by atomic mass is 14.9. The molecule has 122 valence electrons. The maximum absolute atomic E-state index is 4.84. The fourth-order valence-corrected chi connectivity index (χ4v) is 3.09. The van der Waals surface area contributed by atoms with Crippen LogP contribution in [0.15, 0.2) is 102 Å². The van der Waals surface area contributed by atoms with Crippen molar-refractivity contribution in [1.82, 2.24) is 4.57 Å². The average molecular weight is 324 g/mol. The second kappa shape index (κ2) is 7.18. The molecule has 3 aromatic carbocycles. The van der Waals surface area contributed by atoms with Crippen LogP contribution in [0.4, 0.5) is 0 Å². The number of para-hydroxylation sites is 1. The number of aromatic nitrogens is 1. The summed E-state index contributed by atoms with van der Waals surface area (Å²) in [4.78, 5) is 4.84. The molecule has 0 spiro atoms. The van der Waals surface area contributed by atoms with Gasteiger partial charge in [-0.1, -0.05) is 78.9 Å². The summed E-state index contributed by atoms with van der Waals surface area (Å²) in [5.41, 5.74) is 3.74. The molecule has 0 unspecified atom stereocenters. The van der Waals surface area contributed by atoms with Crippen LogP contribution in [0.5, 0.6) is 0 Å². The molecule has 4 aromatic rings. The van der Waals surface area contributed by atoms with E-state index in [0.717, 1.165) is 11.9 Å². The van der Waals surface area contributed by atoms with E-state index in [4.69, 9.17) is 4.99 Å². The van der Waals surface area contributed by atoms with E-state index in [0.29, 0.717) is 6.54 Å². The monoisotopic (exact) mass is 324 g/mol. The highest BCUT2D eigenvalue weighted by molar-refractivity contribution is 5.78. The zero-order valence-electron chi connectivity index (χ0n) is 14.0. The lowest BCUT2D eigenvalue weighted by molar-refractivity contribution is 0.823. The predicted octanol–water partition coefficient (Wildman–Crippen LogP) is 4.79. The van der Waals surface area contributed by atoms with Gasteiger partial charge in [0.05, 0.1) is 17.4 Å². The van der Waals surface area contributed by atoms with E-state index in [2.05, 4.69) is 95.7 Å². The van der Waals surface area contributed by atoms with E-state index >= 15 is 0 Å². The van der Waals surface area contributed by atoms with Crippen molar-refractivity contribution in [2.24, 2.45) is 4.99 Å². The molecular formula is C23H20N2. The van der Waals surface area contributed by atoms with Gasteiger partial charge >= 0.3 is 0 Å². The zero-order valence-corrected chi connectivity index (χ0v) is 14.0. The Morgan fingerprint density at radius 3 is 2.04 bits per heavy atom. The van der Waals surface area contributed by atoms with Gasteiger partial charge < -0.3 is 4.57 Å². The minimum Gasteiger partial charge on any atom is -0.343 e. The summed E-state index contributed by atoms with van der Waals surface area (Å²) >= 11 is 0.